The second kappa shape index (κ2) is 7.45. The van der Waals surface area contributed by atoms with E-state index in [1.807, 2.05) is 41.9 Å². The molecule has 1 aromatic heterocycles. The van der Waals surface area contributed by atoms with E-state index in [2.05, 4.69) is 9.74 Å². The predicted molar refractivity (Wildman–Crippen MR) is 109 cm³/mol. The van der Waals surface area contributed by atoms with E-state index in [4.69, 9.17) is 17.4 Å². The summed E-state index contributed by atoms with van der Waals surface area (Å²) in [5, 5.41) is 4.82. The summed E-state index contributed by atoms with van der Waals surface area (Å²) in [7, 11) is 0. The van der Waals surface area contributed by atoms with Crippen LogP contribution in [0, 0.1) is 19.3 Å². The Morgan fingerprint density at radius 1 is 1.18 bits per heavy atom. The van der Waals surface area contributed by atoms with Crippen LogP contribution in [0.4, 0.5) is 15.9 Å². The number of rotatable bonds is 3. The molecule has 2 heterocycles. The summed E-state index contributed by atoms with van der Waals surface area (Å²) in [5.41, 5.74) is 9.70. The van der Waals surface area contributed by atoms with Crippen molar-refractivity contribution in [1.82, 2.24) is 9.78 Å². The Bertz CT molecular complexity index is 1030. The highest BCUT2D eigenvalue weighted by molar-refractivity contribution is 5.69. The number of nitrogens with two attached hydrogens (primary N) is 1. The van der Waals surface area contributed by atoms with Gasteiger partial charge < -0.3 is 10.6 Å². The first-order chi connectivity index (χ1) is 13.5. The van der Waals surface area contributed by atoms with Gasteiger partial charge in [-0.3, -0.25) is 0 Å². The van der Waals surface area contributed by atoms with E-state index in [1.165, 1.54) is 12.1 Å². The molecular weight excluding hydrogens is 353 g/mol. The molecule has 28 heavy (non-hydrogen) atoms. The smallest absolute Gasteiger partial charge is 0.222 e. The zero-order valence-electron chi connectivity index (χ0n) is 15.8. The van der Waals surface area contributed by atoms with Gasteiger partial charge in [-0.2, -0.15) is 0 Å². The summed E-state index contributed by atoms with van der Waals surface area (Å²) in [5.74, 6) is 0.311. The van der Waals surface area contributed by atoms with E-state index >= 15 is 0 Å². The van der Waals surface area contributed by atoms with Crippen molar-refractivity contribution in [3.63, 3.8) is 0 Å². The molecule has 0 bridgehead atoms. The van der Waals surface area contributed by atoms with Crippen molar-refractivity contribution in [2.75, 3.05) is 18.0 Å². The van der Waals surface area contributed by atoms with Gasteiger partial charge in [0, 0.05) is 30.8 Å². The first-order valence-corrected chi connectivity index (χ1v) is 9.40. The van der Waals surface area contributed by atoms with Crippen LogP contribution in [0.25, 0.3) is 21.8 Å². The molecule has 5 nitrogen and oxygen atoms in total. The molecule has 1 fully saturated rings. The fourth-order valence-corrected chi connectivity index (χ4v) is 3.59. The van der Waals surface area contributed by atoms with E-state index in [1.54, 1.807) is 6.07 Å². The molecule has 1 aliphatic heterocycles. The standard InChI is InChI=1S/C22H22FN5/c1-15-5-8-18(9-6-15)28-21(16-7-10-20(25-2)19(23)12-16)13-22(26-28)27-11-3-4-17(24)14-27/h5-10,12-13,17H,3-4,11,14,24H2,1H3. The molecule has 2 N–H and O–H groups in total. The largest absolute Gasteiger partial charge is 0.354 e. The van der Waals surface area contributed by atoms with E-state index in [9.17, 15) is 4.39 Å². The molecule has 3 aromatic rings. The summed E-state index contributed by atoms with van der Waals surface area (Å²) in [6, 6.07) is 14.9. The minimum absolute atomic E-state index is 0.0207. The fourth-order valence-electron chi connectivity index (χ4n) is 3.59. The van der Waals surface area contributed by atoms with E-state index in [0.29, 0.717) is 5.56 Å². The number of aryl methyl sites for hydroxylation is 1. The van der Waals surface area contributed by atoms with Crippen LogP contribution >= 0.6 is 0 Å². The molecule has 6 heteroatoms. The Kier molecular flexibility index (Phi) is 4.84. The lowest BCUT2D eigenvalue weighted by Crippen LogP contribution is -2.43. The van der Waals surface area contributed by atoms with E-state index in [0.717, 1.165) is 48.7 Å². The molecule has 0 spiro atoms. The Hall–Kier alpha value is -3.17. The van der Waals surface area contributed by atoms with Gasteiger partial charge in [-0.05, 0) is 38.0 Å². The van der Waals surface area contributed by atoms with Gasteiger partial charge in [0.15, 0.2) is 5.82 Å². The molecular formula is C22H22FN5. The molecule has 0 aliphatic carbocycles. The fraction of sp³-hybridized carbons (Fsp3) is 0.273. The molecule has 0 saturated carbocycles. The van der Waals surface area contributed by atoms with Gasteiger partial charge in [0.1, 0.15) is 5.82 Å². The Labute approximate surface area is 164 Å². The van der Waals surface area contributed by atoms with Gasteiger partial charge in [-0.25, -0.2) is 13.9 Å². The van der Waals surface area contributed by atoms with Gasteiger partial charge in [0.25, 0.3) is 0 Å². The van der Waals surface area contributed by atoms with E-state index in [-0.39, 0.29) is 11.7 Å². The van der Waals surface area contributed by atoms with Crippen LogP contribution in [0.5, 0.6) is 0 Å². The average Bonchev–Trinajstić information content (AvgIpc) is 3.14. The zero-order valence-corrected chi connectivity index (χ0v) is 15.8. The lowest BCUT2D eigenvalue weighted by molar-refractivity contribution is 0.502. The van der Waals surface area contributed by atoms with Crippen molar-refractivity contribution in [1.29, 1.82) is 0 Å². The van der Waals surface area contributed by atoms with Crippen LogP contribution in [0.15, 0.2) is 48.5 Å². The van der Waals surface area contributed by atoms with Crippen molar-refractivity contribution in [3.05, 3.63) is 71.3 Å². The second-order valence-electron chi connectivity index (χ2n) is 7.26. The number of hydrogen-bond acceptors (Lipinski definition) is 3. The minimum atomic E-state index is -0.522. The molecule has 1 atom stereocenters. The zero-order chi connectivity index (χ0) is 19.7. The van der Waals surface area contributed by atoms with Crippen molar-refractivity contribution < 1.29 is 4.39 Å². The Morgan fingerprint density at radius 3 is 2.64 bits per heavy atom. The Balaban J connectivity index is 1.82. The van der Waals surface area contributed by atoms with Gasteiger partial charge in [0.2, 0.25) is 5.69 Å². The summed E-state index contributed by atoms with van der Waals surface area (Å²) in [6.45, 7) is 10.8. The normalized spacial score (nSPS) is 16.8. The van der Waals surface area contributed by atoms with Crippen LogP contribution in [0.3, 0.4) is 0 Å². The van der Waals surface area contributed by atoms with Gasteiger partial charge >= 0.3 is 0 Å². The number of aromatic nitrogens is 2. The van der Waals surface area contributed by atoms with Gasteiger partial charge in [-0.1, -0.05) is 29.8 Å². The van der Waals surface area contributed by atoms with E-state index < -0.39 is 5.82 Å². The quantitative estimate of drug-likeness (QED) is 0.688. The van der Waals surface area contributed by atoms with Gasteiger partial charge in [-0.15, -0.1) is 5.10 Å². The topological polar surface area (TPSA) is 51.4 Å². The van der Waals surface area contributed by atoms with Crippen molar-refractivity contribution in [2.24, 2.45) is 5.73 Å². The highest BCUT2D eigenvalue weighted by Gasteiger charge is 2.22. The molecule has 1 unspecified atom stereocenters. The van der Waals surface area contributed by atoms with Gasteiger partial charge in [0.05, 0.1) is 18.0 Å². The second-order valence-corrected chi connectivity index (χ2v) is 7.26. The molecule has 142 valence electrons. The number of anilines is 1. The summed E-state index contributed by atoms with van der Waals surface area (Å²) < 4.78 is 16.1. The third-order valence-electron chi connectivity index (χ3n) is 5.12. The first kappa shape index (κ1) is 18.2. The van der Waals surface area contributed by atoms with Crippen LogP contribution in [-0.4, -0.2) is 28.9 Å². The monoisotopic (exact) mass is 375 g/mol. The number of piperidine rings is 1. The van der Waals surface area contributed by atoms with Crippen LogP contribution in [0.1, 0.15) is 18.4 Å². The molecule has 0 amide bonds. The molecule has 2 aromatic carbocycles. The Morgan fingerprint density at radius 2 is 1.96 bits per heavy atom. The number of nitrogens with zero attached hydrogens (tertiary/aromatic N) is 4. The van der Waals surface area contributed by atoms with Crippen molar-refractivity contribution >= 4 is 11.5 Å². The molecule has 1 aliphatic rings. The maximum absolute atomic E-state index is 14.3. The number of benzene rings is 2. The summed E-state index contributed by atoms with van der Waals surface area (Å²) >= 11 is 0. The molecule has 1 saturated heterocycles. The maximum atomic E-state index is 14.3. The van der Waals surface area contributed by atoms with Crippen molar-refractivity contribution in [3.8, 4) is 16.9 Å². The summed E-state index contributed by atoms with van der Waals surface area (Å²) in [4.78, 5) is 5.40. The summed E-state index contributed by atoms with van der Waals surface area (Å²) in [6.07, 6.45) is 2.05. The lowest BCUT2D eigenvalue weighted by atomic mass is 10.1. The first-order valence-electron chi connectivity index (χ1n) is 9.40. The highest BCUT2D eigenvalue weighted by Crippen LogP contribution is 2.31. The highest BCUT2D eigenvalue weighted by atomic mass is 19.1. The number of hydrogen-bond donors (Lipinski definition) is 1. The molecule has 0 radical (unpaired) electrons. The third-order valence-corrected chi connectivity index (χ3v) is 5.12. The number of halogens is 1. The third kappa shape index (κ3) is 3.49. The maximum Gasteiger partial charge on any atom is 0.222 e. The van der Waals surface area contributed by atoms with Crippen LogP contribution < -0.4 is 10.6 Å². The van der Waals surface area contributed by atoms with Crippen LogP contribution in [-0.2, 0) is 0 Å². The average molecular weight is 375 g/mol. The minimum Gasteiger partial charge on any atom is -0.354 e. The SMILES string of the molecule is [C-]#[N+]c1ccc(-c2cc(N3CCCC(N)C3)nn2-c2ccc(C)cc2)cc1F. The van der Waals surface area contributed by atoms with Crippen LogP contribution in [0.2, 0.25) is 0 Å². The lowest BCUT2D eigenvalue weighted by Gasteiger charge is -2.30. The molecule has 4 rings (SSSR count). The van der Waals surface area contributed by atoms with Crippen molar-refractivity contribution in [2.45, 2.75) is 25.8 Å². The predicted octanol–water partition coefficient (Wildman–Crippen LogP) is 4.47.